The molecule has 4 aliphatic rings. The maximum Gasteiger partial charge on any atom is 0.266 e. The number of nitrogens with zero attached hydrogens (tertiary/aromatic N) is 1. The van der Waals surface area contributed by atoms with Crippen molar-refractivity contribution in [2.75, 3.05) is 12.3 Å². The first-order valence-corrected chi connectivity index (χ1v) is 17.4. The molecule has 0 radical (unpaired) electrons. The van der Waals surface area contributed by atoms with Crippen LogP contribution in [0.5, 0.6) is 0 Å². The fourth-order valence-corrected chi connectivity index (χ4v) is 10.9. The monoisotopic (exact) mass is 569 g/mol. The van der Waals surface area contributed by atoms with Crippen LogP contribution in [0.4, 0.5) is 0 Å². The van der Waals surface area contributed by atoms with Gasteiger partial charge >= 0.3 is 0 Å². The molecule has 11 atom stereocenters. The lowest BCUT2D eigenvalue weighted by molar-refractivity contribution is -0.203. The van der Waals surface area contributed by atoms with Crippen molar-refractivity contribution in [1.82, 2.24) is 4.90 Å². The summed E-state index contributed by atoms with van der Waals surface area (Å²) in [6.07, 6.45) is 8.98. The van der Waals surface area contributed by atoms with E-state index in [1.807, 2.05) is 13.8 Å². The van der Waals surface area contributed by atoms with Crippen molar-refractivity contribution in [2.24, 2.45) is 52.3 Å². The molecule has 1 amide bonds. The molecule has 4 aliphatic carbocycles. The summed E-state index contributed by atoms with van der Waals surface area (Å²) in [5.41, 5.74) is 0.354. The molecule has 4 rings (SSSR count). The first-order chi connectivity index (χ1) is 18.1. The van der Waals surface area contributed by atoms with Gasteiger partial charge in [-0.25, -0.2) is 0 Å². The summed E-state index contributed by atoms with van der Waals surface area (Å²) in [5, 5.41) is 22.4. The molecule has 4 saturated carbocycles. The van der Waals surface area contributed by atoms with E-state index in [0.29, 0.717) is 41.9 Å². The number of carbonyl (C=O) groups is 1. The molecule has 8 heteroatoms. The second-order valence-electron chi connectivity index (χ2n) is 14.6. The van der Waals surface area contributed by atoms with Crippen molar-refractivity contribution in [1.29, 1.82) is 0 Å². The second-order valence-corrected chi connectivity index (χ2v) is 16.2. The van der Waals surface area contributed by atoms with E-state index < -0.39 is 15.9 Å². The van der Waals surface area contributed by atoms with Crippen molar-refractivity contribution < 1.29 is 28.0 Å². The van der Waals surface area contributed by atoms with Gasteiger partial charge in [0.25, 0.3) is 10.1 Å². The molecule has 0 bridgehead atoms. The zero-order valence-electron chi connectivity index (χ0n) is 25.2. The molecule has 0 aliphatic heterocycles. The molecule has 4 fully saturated rings. The second kappa shape index (κ2) is 11.5. The Morgan fingerprint density at radius 1 is 0.974 bits per heavy atom. The van der Waals surface area contributed by atoms with E-state index in [9.17, 15) is 23.4 Å². The quantitative estimate of drug-likeness (QED) is 0.331. The molecule has 7 nitrogen and oxygen atoms in total. The highest BCUT2D eigenvalue weighted by molar-refractivity contribution is 7.85. The van der Waals surface area contributed by atoms with Gasteiger partial charge in [-0.3, -0.25) is 9.35 Å². The van der Waals surface area contributed by atoms with Crippen LogP contribution in [0.25, 0.3) is 0 Å². The Labute approximate surface area is 237 Å². The van der Waals surface area contributed by atoms with Gasteiger partial charge in [-0.15, -0.1) is 0 Å². The summed E-state index contributed by atoms with van der Waals surface area (Å²) < 4.78 is 31.7. The minimum atomic E-state index is -4.11. The van der Waals surface area contributed by atoms with Crippen molar-refractivity contribution in [3.8, 4) is 0 Å². The van der Waals surface area contributed by atoms with Crippen LogP contribution in [-0.4, -0.2) is 64.5 Å². The number of aliphatic hydroxyl groups is 2. The van der Waals surface area contributed by atoms with Crippen molar-refractivity contribution in [3.63, 3.8) is 0 Å². The zero-order chi connectivity index (χ0) is 28.9. The van der Waals surface area contributed by atoms with E-state index in [0.717, 1.165) is 51.4 Å². The number of amides is 1. The fraction of sp³-hybridized carbons (Fsp3) is 0.968. The maximum absolute atomic E-state index is 13.1. The third-order valence-corrected chi connectivity index (χ3v) is 13.2. The van der Waals surface area contributed by atoms with Crippen LogP contribution < -0.4 is 0 Å². The average Bonchev–Trinajstić information content (AvgIpc) is 3.20. The summed E-state index contributed by atoms with van der Waals surface area (Å²) in [6.45, 7) is 13.2. The Morgan fingerprint density at radius 3 is 2.23 bits per heavy atom. The highest BCUT2D eigenvalue weighted by Crippen LogP contribution is 2.69. The summed E-state index contributed by atoms with van der Waals surface area (Å²) in [4.78, 5) is 14.7. The molecule has 0 aromatic carbocycles. The normalized spacial score (nSPS) is 42.9. The van der Waals surface area contributed by atoms with Crippen LogP contribution in [0.1, 0.15) is 106 Å². The number of rotatable bonds is 9. The van der Waals surface area contributed by atoms with Gasteiger partial charge in [-0.2, -0.15) is 8.42 Å². The van der Waals surface area contributed by atoms with Gasteiger partial charge in [0, 0.05) is 19.0 Å². The van der Waals surface area contributed by atoms with Crippen LogP contribution >= 0.6 is 0 Å². The van der Waals surface area contributed by atoms with Crippen LogP contribution in [0.15, 0.2) is 0 Å². The topological polar surface area (TPSA) is 115 Å². The highest BCUT2D eigenvalue weighted by atomic mass is 32.2. The minimum Gasteiger partial charge on any atom is -0.393 e. The smallest absolute Gasteiger partial charge is 0.266 e. The van der Waals surface area contributed by atoms with Crippen LogP contribution in [0.3, 0.4) is 0 Å². The molecule has 0 aromatic rings. The molecule has 3 N–H and O–H groups in total. The van der Waals surface area contributed by atoms with Gasteiger partial charge in [-0.05, 0) is 117 Å². The molecule has 0 spiro atoms. The van der Waals surface area contributed by atoms with Gasteiger partial charge in [-0.1, -0.05) is 34.1 Å². The van der Waals surface area contributed by atoms with E-state index in [1.54, 1.807) is 4.90 Å². The predicted molar refractivity (Wildman–Crippen MR) is 153 cm³/mol. The van der Waals surface area contributed by atoms with Crippen LogP contribution in [0.2, 0.25) is 0 Å². The Balaban J connectivity index is 1.46. The molecule has 11 unspecified atom stereocenters. The Bertz CT molecular complexity index is 986. The molecule has 0 heterocycles. The average molecular weight is 570 g/mol. The number of fused-ring (bicyclic) bond motifs is 5. The van der Waals surface area contributed by atoms with Crippen LogP contribution in [-0.2, 0) is 14.9 Å². The van der Waals surface area contributed by atoms with E-state index in [-0.39, 0.29) is 47.4 Å². The minimum absolute atomic E-state index is 0.0171. The van der Waals surface area contributed by atoms with Crippen molar-refractivity contribution in [2.45, 2.75) is 124 Å². The third kappa shape index (κ3) is 5.83. The summed E-state index contributed by atoms with van der Waals surface area (Å²) >= 11 is 0. The van der Waals surface area contributed by atoms with Gasteiger partial charge in [0.05, 0.1) is 18.0 Å². The predicted octanol–water partition coefficient (Wildman–Crippen LogP) is 5.15. The first-order valence-electron chi connectivity index (χ1n) is 15.7. The Kier molecular flexibility index (Phi) is 9.23. The van der Waals surface area contributed by atoms with Crippen molar-refractivity contribution in [3.05, 3.63) is 0 Å². The lowest BCUT2D eigenvalue weighted by Gasteiger charge is -2.64. The standard InChI is InChI=1S/C31H55NO6S/c1-7-22-26-18-21(33)12-14-31(26,6)25-13-15-30(5)23(9-10-24(30)28(25)29(22)35)20(4)8-11-27(34)32(19(2)3)16-17-39(36,37)38/h19-26,28-29,33,35H,7-18H2,1-6H3,(H,36,37,38). The van der Waals surface area contributed by atoms with E-state index >= 15 is 0 Å². The number of carbonyl (C=O) groups excluding carboxylic acids is 1. The van der Waals surface area contributed by atoms with E-state index in [1.165, 1.54) is 6.42 Å². The molecule has 0 aromatic heterocycles. The number of aliphatic hydroxyl groups excluding tert-OH is 2. The number of hydrogen-bond donors (Lipinski definition) is 3. The Morgan fingerprint density at radius 2 is 1.62 bits per heavy atom. The van der Waals surface area contributed by atoms with Gasteiger partial charge in [0.15, 0.2) is 0 Å². The summed E-state index contributed by atoms with van der Waals surface area (Å²) in [5.74, 6) is 2.39. The molecule has 39 heavy (non-hydrogen) atoms. The molecule has 226 valence electrons. The highest BCUT2D eigenvalue weighted by Gasteiger charge is 2.64. The maximum atomic E-state index is 13.1. The Hall–Kier alpha value is -0.700. The van der Waals surface area contributed by atoms with Gasteiger partial charge in [0.1, 0.15) is 0 Å². The lowest BCUT2D eigenvalue weighted by atomic mass is 9.41. The molecule has 0 saturated heterocycles. The third-order valence-electron chi connectivity index (χ3n) is 12.5. The van der Waals surface area contributed by atoms with Crippen LogP contribution in [0, 0.1) is 52.3 Å². The van der Waals surface area contributed by atoms with Gasteiger partial charge < -0.3 is 15.1 Å². The fourth-order valence-electron chi connectivity index (χ4n) is 10.5. The van der Waals surface area contributed by atoms with E-state index in [2.05, 4.69) is 27.7 Å². The number of hydrogen-bond acceptors (Lipinski definition) is 5. The SMILES string of the molecule is CCC1C(O)C2C3CCC(C(C)CCC(=O)N(CCS(=O)(=O)O)C(C)C)C3(C)CCC2C2(C)CCC(O)CC12. The van der Waals surface area contributed by atoms with Gasteiger partial charge in [0.2, 0.25) is 5.91 Å². The summed E-state index contributed by atoms with van der Waals surface area (Å²) in [6, 6.07) is -0.122. The molecular weight excluding hydrogens is 514 g/mol. The van der Waals surface area contributed by atoms with E-state index in [4.69, 9.17) is 4.55 Å². The summed E-state index contributed by atoms with van der Waals surface area (Å²) in [7, 11) is -4.11. The first kappa shape index (κ1) is 31.2. The zero-order valence-corrected chi connectivity index (χ0v) is 26.0. The van der Waals surface area contributed by atoms with Crippen molar-refractivity contribution >= 4 is 16.0 Å². The lowest BCUT2D eigenvalue weighted by Crippen LogP contribution is -2.62. The largest absolute Gasteiger partial charge is 0.393 e. The molecular formula is C31H55NO6S.